The maximum absolute atomic E-state index is 11.0. The summed E-state index contributed by atoms with van der Waals surface area (Å²) in [4.78, 5) is 21.3. The highest BCUT2D eigenvalue weighted by Gasteiger charge is 2.14. The quantitative estimate of drug-likeness (QED) is 0.420. The van der Waals surface area contributed by atoms with Gasteiger partial charge in [0.25, 0.3) is 0 Å². The molecule has 0 heterocycles. The van der Waals surface area contributed by atoms with Crippen molar-refractivity contribution in [1.82, 2.24) is 0 Å². The summed E-state index contributed by atoms with van der Waals surface area (Å²) in [6.07, 6.45) is 0.289. The molecule has 0 saturated heterocycles. The SMILES string of the molecule is NCCOC(=O)[C@@H](N)CCC(N)=O. The van der Waals surface area contributed by atoms with Crippen molar-refractivity contribution in [2.24, 2.45) is 17.2 Å². The summed E-state index contributed by atoms with van der Waals surface area (Å²) in [6.45, 7) is 0.400. The zero-order valence-electron chi connectivity index (χ0n) is 7.36. The molecular formula is C7H15N3O3. The van der Waals surface area contributed by atoms with E-state index >= 15 is 0 Å². The van der Waals surface area contributed by atoms with Crippen LogP contribution in [0, 0.1) is 0 Å². The van der Waals surface area contributed by atoms with E-state index in [-0.39, 0.29) is 26.0 Å². The Balaban J connectivity index is 3.62. The van der Waals surface area contributed by atoms with Gasteiger partial charge < -0.3 is 21.9 Å². The average molecular weight is 189 g/mol. The fourth-order valence-corrected chi connectivity index (χ4v) is 0.682. The van der Waals surface area contributed by atoms with Crippen LogP contribution < -0.4 is 17.2 Å². The van der Waals surface area contributed by atoms with Crippen molar-refractivity contribution >= 4 is 11.9 Å². The molecule has 1 amide bonds. The summed E-state index contributed by atoms with van der Waals surface area (Å²) >= 11 is 0. The van der Waals surface area contributed by atoms with Crippen LogP contribution in [0.4, 0.5) is 0 Å². The first-order chi connectivity index (χ1) is 6.07. The molecule has 0 rings (SSSR count). The Hall–Kier alpha value is -1.14. The Bertz CT molecular complexity index is 184. The standard InChI is InChI=1S/C7H15N3O3/c8-3-4-13-7(12)5(9)1-2-6(10)11/h5H,1-4,8-9H2,(H2,10,11)/t5-/m0/s1. The fourth-order valence-electron chi connectivity index (χ4n) is 0.682. The molecule has 13 heavy (non-hydrogen) atoms. The average Bonchev–Trinajstić information content (AvgIpc) is 2.10. The summed E-state index contributed by atoms with van der Waals surface area (Å²) in [5.41, 5.74) is 15.4. The topological polar surface area (TPSA) is 121 Å². The van der Waals surface area contributed by atoms with Crippen LogP contribution in [-0.2, 0) is 14.3 Å². The predicted molar refractivity (Wildman–Crippen MR) is 46.4 cm³/mol. The van der Waals surface area contributed by atoms with Crippen molar-refractivity contribution in [2.45, 2.75) is 18.9 Å². The molecule has 0 bridgehead atoms. The molecule has 0 aromatic rings. The maximum Gasteiger partial charge on any atom is 0.322 e. The van der Waals surface area contributed by atoms with Crippen molar-refractivity contribution in [3.05, 3.63) is 0 Å². The molecule has 0 aliphatic carbocycles. The lowest BCUT2D eigenvalue weighted by Gasteiger charge is -2.09. The molecule has 0 radical (unpaired) electrons. The first-order valence-electron chi connectivity index (χ1n) is 3.98. The monoisotopic (exact) mass is 189 g/mol. The summed E-state index contributed by atoms with van der Waals surface area (Å²) in [5, 5.41) is 0. The predicted octanol–water partition coefficient (Wildman–Crippen LogP) is -1.92. The second-order valence-corrected chi connectivity index (χ2v) is 2.57. The highest BCUT2D eigenvalue weighted by molar-refractivity contribution is 5.78. The number of hydrogen-bond acceptors (Lipinski definition) is 5. The molecule has 0 unspecified atom stereocenters. The van der Waals surface area contributed by atoms with Crippen molar-refractivity contribution in [3.8, 4) is 0 Å². The van der Waals surface area contributed by atoms with Crippen LogP contribution in [0.5, 0.6) is 0 Å². The summed E-state index contributed by atoms with van der Waals surface area (Å²) in [5.74, 6) is -1.03. The number of ether oxygens (including phenoxy) is 1. The number of amides is 1. The third kappa shape index (κ3) is 6.06. The number of nitrogens with two attached hydrogens (primary N) is 3. The molecule has 6 N–H and O–H groups in total. The number of carbonyl (C=O) groups is 2. The number of carbonyl (C=O) groups excluding carboxylic acids is 2. The van der Waals surface area contributed by atoms with E-state index in [1.165, 1.54) is 0 Å². The molecule has 6 nitrogen and oxygen atoms in total. The van der Waals surface area contributed by atoms with E-state index in [4.69, 9.17) is 17.2 Å². The molecule has 76 valence electrons. The Labute approximate surface area is 76.4 Å². The lowest BCUT2D eigenvalue weighted by Crippen LogP contribution is -2.34. The Kier molecular flexibility index (Phi) is 5.82. The van der Waals surface area contributed by atoms with Crippen LogP contribution in [0.3, 0.4) is 0 Å². The van der Waals surface area contributed by atoms with Crippen molar-refractivity contribution < 1.29 is 14.3 Å². The second kappa shape index (κ2) is 6.38. The minimum Gasteiger partial charge on any atom is -0.463 e. The van der Waals surface area contributed by atoms with E-state index in [0.717, 1.165) is 0 Å². The zero-order chi connectivity index (χ0) is 10.3. The summed E-state index contributed by atoms with van der Waals surface area (Å²) < 4.78 is 4.64. The number of rotatable bonds is 6. The molecule has 0 spiro atoms. The molecular weight excluding hydrogens is 174 g/mol. The van der Waals surface area contributed by atoms with E-state index in [1.54, 1.807) is 0 Å². The Morgan fingerprint density at radius 1 is 1.38 bits per heavy atom. The first-order valence-corrected chi connectivity index (χ1v) is 3.98. The molecule has 0 aromatic carbocycles. The number of hydrogen-bond donors (Lipinski definition) is 3. The minimum atomic E-state index is -0.793. The molecule has 0 saturated carbocycles. The highest BCUT2D eigenvalue weighted by Crippen LogP contribution is 1.95. The van der Waals surface area contributed by atoms with Crippen LogP contribution in [0.25, 0.3) is 0 Å². The third-order valence-electron chi connectivity index (χ3n) is 1.37. The molecule has 6 heteroatoms. The van der Waals surface area contributed by atoms with Crippen molar-refractivity contribution in [1.29, 1.82) is 0 Å². The number of primary amides is 1. The Morgan fingerprint density at radius 2 is 2.00 bits per heavy atom. The van der Waals surface area contributed by atoms with Gasteiger partial charge in [0.2, 0.25) is 5.91 Å². The van der Waals surface area contributed by atoms with Crippen LogP contribution in [0.15, 0.2) is 0 Å². The molecule has 1 atom stereocenters. The molecule has 0 aromatic heterocycles. The zero-order valence-corrected chi connectivity index (χ0v) is 7.36. The van der Waals surface area contributed by atoms with Crippen LogP contribution >= 0.6 is 0 Å². The molecule has 0 fully saturated rings. The van der Waals surface area contributed by atoms with Gasteiger partial charge in [-0.15, -0.1) is 0 Å². The van der Waals surface area contributed by atoms with Gasteiger partial charge in [-0.25, -0.2) is 0 Å². The van der Waals surface area contributed by atoms with E-state index in [1.807, 2.05) is 0 Å². The summed E-state index contributed by atoms with van der Waals surface area (Å²) in [7, 11) is 0. The van der Waals surface area contributed by atoms with E-state index in [2.05, 4.69) is 4.74 Å². The Morgan fingerprint density at radius 3 is 2.46 bits per heavy atom. The van der Waals surface area contributed by atoms with Gasteiger partial charge in [-0.2, -0.15) is 0 Å². The molecule has 0 aliphatic heterocycles. The van der Waals surface area contributed by atoms with Gasteiger partial charge in [-0.1, -0.05) is 0 Å². The van der Waals surface area contributed by atoms with Crippen LogP contribution in [0.1, 0.15) is 12.8 Å². The van der Waals surface area contributed by atoms with Gasteiger partial charge in [-0.3, -0.25) is 9.59 Å². The largest absolute Gasteiger partial charge is 0.463 e. The van der Waals surface area contributed by atoms with E-state index < -0.39 is 17.9 Å². The third-order valence-corrected chi connectivity index (χ3v) is 1.37. The van der Waals surface area contributed by atoms with Crippen molar-refractivity contribution in [3.63, 3.8) is 0 Å². The van der Waals surface area contributed by atoms with Crippen LogP contribution in [0.2, 0.25) is 0 Å². The normalized spacial score (nSPS) is 12.2. The summed E-state index contributed by atoms with van der Waals surface area (Å²) in [6, 6.07) is -0.793. The fraction of sp³-hybridized carbons (Fsp3) is 0.714. The first kappa shape index (κ1) is 11.9. The lowest BCUT2D eigenvalue weighted by molar-refractivity contribution is -0.145. The molecule has 0 aliphatic rings. The smallest absolute Gasteiger partial charge is 0.322 e. The van der Waals surface area contributed by atoms with Gasteiger partial charge in [0.1, 0.15) is 12.6 Å². The van der Waals surface area contributed by atoms with E-state index in [9.17, 15) is 9.59 Å². The number of esters is 1. The van der Waals surface area contributed by atoms with Gasteiger partial charge in [0, 0.05) is 13.0 Å². The van der Waals surface area contributed by atoms with Crippen molar-refractivity contribution in [2.75, 3.05) is 13.2 Å². The van der Waals surface area contributed by atoms with Crippen LogP contribution in [-0.4, -0.2) is 31.1 Å². The highest BCUT2D eigenvalue weighted by atomic mass is 16.5. The van der Waals surface area contributed by atoms with E-state index in [0.29, 0.717) is 0 Å². The van der Waals surface area contributed by atoms with Gasteiger partial charge in [-0.05, 0) is 6.42 Å². The minimum absolute atomic E-state index is 0.0822. The van der Waals surface area contributed by atoms with Gasteiger partial charge >= 0.3 is 5.97 Å². The van der Waals surface area contributed by atoms with Gasteiger partial charge in [0.05, 0.1) is 0 Å². The van der Waals surface area contributed by atoms with Gasteiger partial charge in [0.15, 0.2) is 0 Å². The maximum atomic E-state index is 11.0. The lowest BCUT2D eigenvalue weighted by atomic mass is 10.1. The second-order valence-electron chi connectivity index (χ2n) is 2.57.